The van der Waals surface area contributed by atoms with Crippen LogP contribution in [0.1, 0.15) is 27.2 Å². The SMILES string of the molecule is C=C(C)C(=O)OC(F)(F)C(F)(F)C(F)(F)C(F)(F)C(F)(F)C(F)(F)C(F)(F)C(F)(F)C(C)F.C=C(C)C(=O)OCCC(F)(F)C(F)(F)C(F)(F)C(F)(F)C(F)(F)C(F)(F)C(F)(F)C(F)(F)F. The number of esters is 2. The van der Waals surface area contributed by atoms with Crippen LogP contribution in [-0.4, -0.2) is 120 Å². The first kappa shape index (κ1) is 64.1. The molecule has 0 fully saturated rings. The van der Waals surface area contributed by atoms with E-state index < -0.39 is 144 Å². The number of carbonyl (C=O) groups is 2. The molecule has 4 nitrogen and oxygen atoms in total. The molecule has 0 aromatic rings. The molecular formula is C28H18F34O4. The molecule has 0 aromatic carbocycles. The van der Waals surface area contributed by atoms with Gasteiger partial charge in [-0.05, 0) is 20.8 Å². The van der Waals surface area contributed by atoms with Gasteiger partial charge < -0.3 is 9.47 Å². The molecule has 38 heteroatoms. The van der Waals surface area contributed by atoms with E-state index in [0.29, 0.717) is 6.92 Å². The number of ether oxygens (including phenoxy) is 2. The standard InChI is InChI=1S/2C14H9F17O2/c1-5(2)6(32)33-4-3-7(15,16)8(17,18)9(19,20)10(21,22)11(23,24)12(25,26)13(27,28)14(29,30)31;1-4(2)6(32)33-14(30,31)13(28,29)12(26,27)11(24,25)10(22,23)9(20,21)8(18,19)7(16,17)5(3)15/h1,3-4H2,2H3;5H,1H2,2-3H3. The van der Waals surface area contributed by atoms with Crippen molar-refractivity contribution in [2.45, 2.75) is 129 Å². The molecule has 0 amide bonds. The molecular weight excluding hydrogens is 1050 g/mol. The zero-order valence-electron chi connectivity index (χ0n) is 30.9. The lowest BCUT2D eigenvalue weighted by Gasteiger charge is -2.43. The van der Waals surface area contributed by atoms with E-state index in [1.807, 2.05) is 0 Å². The molecule has 0 radical (unpaired) electrons. The fourth-order valence-corrected chi connectivity index (χ4v) is 3.45. The number of carbonyl (C=O) groups excluding carboxylic acids is 2. The Morgan fingerprint density at radius 1 is 0.409 bits per heavy atom. The van der Waals surface area contributed by atoms with E-state index in [1.54, 1.807) is 0 Å². The van der Waals surface area contributed by atoms with Gasteiger partial charge in [-0.2, -0.15) is 145 Å². The maximum absolute atomic E-state index is 13.5. The van der Waals surface area contributed by atoms with Gasteiger partial charge in [-0.25, -0.2) is 14.0 Å². The van der Waals surface area contributed by atoms with Gasteiger partial charge in [0.05, 0.1) is 13.0 Å². The molecule has 1 unspecified atom stereocenters. The summed E-state index contributed by atoms with van der Waals surface area (Å²) in [5, 5.41) is 0. The highest BCUT2D eigenvalue weighted by molar-refractivity contribution is 5.87. The van der Waals surface area contributed by atoms with E-state index in [1.165, 1.54) is 0 Å². The largest absolute Gasteiger partial charge is 0.473 e. The summed E-state index contributed by atoms with van der Waals surface area (Å²) in [4.78, 5) is 21.7. The van der Waals surface area contributed by atoms with E-state index in [9.17, 15) is 159 Å². The van der Waals surface area contributed by atoms with Crippen LogP contribution in [0.15, 0.2) is 24.3 Å². The number of rotatable bonds is 20. The summed E-state index contributed by atoms with van der Waals surface area (Å²) < 4.78 is 453. The molecule has 0 bridgehead atoms. The highest BCUT2D eigenvalue weighted by Crippen LogP contribution is 2.66. The third kappa shape index (κ3) is 9.55. The Bertz CT molecular complexity index is 1770. The molecule has 0 aliphatic carbocycles. The average Bonchev–Trinajstić information content (AvgIpc) is 3.09. The van der Waals surface area contributed by atoms with Gasteiger partial charge in [-0.1, -0.05) is 13.2 Å². The second-order valence-corrected chi connectivity index (χ2v) is 12.7. The minimum Gasteiger partial charge on any atom is -0.462 e. The van der Waals surface area contributed by atoms with Crippen molar-refractivity contribution in [1.29, 1.82) is 0 Å². The van der Waals surface area contributed by atoms with Crippen LogP contribution in [0.4, 0.5) is 149 Å². The Morgan fingerprint density at radius 3 is 0.939 bits per heavy atom. The molecule has 0 saturated heterocycles. The Balaban J connectivity index is 0. The van der Waals surface area contributed by atoms with Crippen molar-refractivity contribution >= 4 is 11.9 Å². The zero-order valence-corrected chi connectivity index (χ0v) is 30.9. The van der Waals surface area contributed by atoms with Crippen molar-refractivity contribution < 1.29 is 168 Å². The number of alkyl halides is 34. The first-order chi connectivity index (χ1) is 28.1. The highest BCUT2D eigenvalue weighted by atomic mass is 19.4. The predicted molar refractivity (Wildman–Crippen MR) is 142 cm³/mol. The van der Waals surface area contributed by atoms with Crippen LogP contribution < -0.4 is 0 Å². The number of hydrogen-bond donors (Lipinski definition) is 0. The first-order valence-corrected chi connectivity index (χ1v) is 15.2. The molecule has 66 heavy (non-hydrogen) atoms. The average molecular weight is 1060 g/mol. The van der Waals surface area contributed by atoms with E-state index in [4.69, 9.17) is 0 Å². The summed E-state index contributed by atoms with van der Waals surface area (Å²) in [7, 11) is 0. The van der Waals surface area contributed by atoms with Crippen LogP contribution in [0.2, 0.25) is 0 Å². The van der Waals surface area contributed by atoms with Crippen LogP contribution in [0, 0.1) is 0 Å². The van der Waals surface area contributed by atoms with Crippen LogP contribution in [-0.2, 0) is 19.1 Å². The highest BCUT2D eigenvalue weighted by Gasteiger charge is 2.97. The summed E-state index contributed by atoms with van der Waals surface area (Å²) >= 11 is 0. The van der Waals surface area contributed by atoms with E-state index >= 15 is 0 Å². The van der Waals surface area contributed by atoms with Crippen LogP contribution in [0.25, 0.3) is 0 Å². The monoisotopic (exact) mass is 1060 g/mol. The van der Waals surface area contributed by atoms with Crippen LogP contribution >= 0.6 is 0 Å². The van der Waals surface area contributed by atoms with Crippen molar-refractivity contribution in [3.63, 3.8) is 0 Å². The molecule has 0 aliphatic heterocycles. The fourth-order valence-electron chi connectivity index (χ4n) is 3.45. The van der Waals surface area contributed by atoms with Gasteiger partial charge in [-0.3, -0.25) is 0 Å². The summed E-state index contributed by atoms with van der Waals surface area (Å²) in [6.07, 6.45) is -22.4. The fraction of sp³-hybridized carbons (Fsp3) is 0.786. The number of hydrogen-bond acceptors (Lipinski definition) is 4. The van der Waals surface area contributed by atoms with Crippen molar-refractivity contribution in [2.75, 3.05) is 6.61 Å². The smallest absolute Gasteiger partial charge is 0.462 e. The topological polar surface area (TPSA) is 52.6 Å². The predicted octanol–water partition coefficient (Wildman–Crippen LogP) is 13.0. The van der Waals surface area contributed by atoms with Crippen molar-refractivity contribution in [1.82, 2.24) is 0 Å². The molecule has 0 aromatic heterocycles. The quantitative estimate of drug-likeness (QED) is 0.0693. The maximum atomic E-state index is 13.5. The Kier molecular flexibility index (Phi) is 17.3. The van der Waals surface area contributed by atoms with Crippen molar-refractivity contribution in [3.8, 4) is 0 Å². The minimum atomic E-state index is -8.69. The van der Waals surface area contributed by atoms with Gasteiger partial charge in [0.2, 0.25) is 0 Å². The van der Waals surface area contributed by atoms with Crippen molar-refractivity contribution in [2.24, 2.45) is 0 Å². The minimum absolute atomic E-state index is 0.395. The molecule has 0 saturated carbocycles. The summed E-state index contributed by atoms with van der Waals surface area (Å²) in [6.45, 7) is 3.90. The lowest BCUT2D eigenvalue weighted by Crippen LogP contribution is -2.75. The molecule has 1 atom stereocenters. The van der Waals surface area contributed by atoms with E-state index in [-0.39, 0.29) is 0 Å². The van der Waals surface area contributed by atoms with Crippen LogP contribution in [0.3, 0.4) is 0 Å². The van der Waals surface area contributed by atoms with E-state index in [2.05, 4.69) is 22.6 Å². The molecule has 0 N–H and O–H groups in total. The molecule has 0 spiro atoms. The van der Waals surface area contributed by atoms with Gasteiger partial charge in [0.1, 0.15) is 0 Å². The van der Waals surface area contributed by atoms with Gasteiger partial charge in [0, 0.05) is 11.1 Å². The normalized spacial score (nSPS) is 16.0. The zero-order chi connectivity index (χ0) is 54.7. The van der Waals surface area contributed by atoms with Crippen LogP contribution in [0.5, 0.6) is 0 Å². The molecule has 0 rings (SSSR count). The first-order valence-electron chi connectivity index (χ1n) is 15.2. The van der Waals surface area contributed by atoms with Gasteiger partial charge in [0.25, 0.3) is 0 Å². The molecule has 0 heterocycles. The summed E-state index contributed by atoms with van der Waals surface area (Å²) in [6, 6.07) is 0. The summed E-state index contributed by atoms with van der Waals surface area (Å²) in [5.74, 6) is -118. The maximum Gasteiger partial charge on any atom is 0.473 e. The Hall–Kier alpha value is -3.96. The lowest BCUT2D eigenvalue weighted by atomic mass is 9.88. The Labute approximate surface area is 340 Å². The second-order valence-electron chi connectivity index (χ2n) is 12.7. The third-order valence-electron chi connectivity index (χ3n) is 7.61. The third-order valence-corrected chi connectivity index (χ3v) is 7.61. The van der Waals surface area contributed by atoms with E-state index in [0.717, 1.165) is 6.92 Å². The van der Waals surface area contributed by atoms with Gasteiger partial charge >= 0.3 is 107 Å². The number of halogens is 34. The summed E-state index contributed by atoms with van der Waals surface area (Å²) in [5.41, 5.74) is -1.88. The second kappa shape index (κ2) is 17.8. The van der Waals surface area contributed by atoms with Crippen molar-refractivity contribution in [3.05, 3.63) is 24.3 Å². The lowest BCUT2D eigenvalue weighted by molar-refractivity contribution is -0.469. The van der Waals surface area contributed by atoms with Gasteiger partial charge in [-0.15, -0.1) is 0 Å². The molecule has 0 aliphatic rings. The Morgan fingerprint density at radius 2 is 0.667 bits per heavy atom. The van der Waals surface area contributed by atoms with Gasteiger partial charge in [0.15, 0.2) is 6.17 Å². The molecule has 392 valence electrons.